The van der Waals surface area contributed by atoms with Crippen LogP contribution >= 0.6 is 0 Å². The van der Waals surface area contributed by atoms with E-state index in [2.05, 4.69) is 5.32 Å². The lowest BCUT2D eigenvalue weighted by Crippen LogP contribution is -2.38. The lowest BCUT2D eigenvalue weighted by atomic mass is 10.3. The van der Waals surface area contributed by atoms with Crippen LogP contribution in [0, 0.1) is 0 Å². The molecular weight excluding hydrogens is 432 g/mol. The maximum atomic E-state index is 13.5. The number of amides is 1. The van der Waals surface area contributed by atoms with Crippen LogP contribution in [0.25, 0.3) is 0 Å². The molecule has 0 aromatic heterocycles. The lowest BCUT2D eigenvalue weighted by Gasteiger charge is -2.25. The molecule has 0 aliphatic rings. The van der Waals surface area contributed by atoms with Gasteiger partial charge < -0.3 is 19.5 Å². The van der Waals surface area contributed by atoms with Crippen LogP contribution in [0.2, 0.25) is 0 Å². The molecule has 0 radical (unpaired) electrons. The first-order chi connectivity index (χ1) is 15.4. The molecule has 32 heavy (non-hydrogen) atoms. The summed E-state index contributed by atoms with van der Waals surface area (Å²) in [7, 11) is 0.385. The molecule has 0 aliphatic heterocycles. The number of carbonyl (C=O) groups excluding carboxylic acids is 1. The third-order valence-corrected chi connectivity index (χ3v) is 6.44. The maximum Gasteiger partial charge on any atom is 0.264 e. The predicted molar refractivity (Wildman–Crippen MR) is 122 cm³/mol. The fourth-order valence-corrected chi connectivity index (χ4v) is 4.45. The largest absolute Gasteiger partial charge is 0.497 e. The smallest absolute Gasteiger partial charge is 0.264 e. The van der Waals surface area contributed by atoms with Gasteiger partial charge in [0.25, 0.3) is 10.0 Å². The Kier molecular flexibility index (Phi) is 7.21. The molecular formula is C23H24N2O6S. The number of hydrogen-bond donors (Lipinski definition) is 1. The SMILES string of the molecule is COc1ccc(NC(=O)CN(c2ccccc2OC)S(=O)(=O)c2ccc(OC)cc2)cc1. The summed E-state index contributed by atoms with van der Waals surface area (Å²) in [5.74, 6) is 0.964. The van der Waals surface area contributed by atoms with Crippen LogP contribution in [0.15, 0.2) is 77.7 Å². The minimum absolute atomic E-state index is 0.0152. The van der Waals surface area contributed by atoms with Crippen molar-refractivity contribution in [2.24, 2.45) is 0 Å². The Hall–Kier alpha value is -3.72. The second-order valence-corrected chi connectivity index (χ2v) is 8.50. The number of benzene rings is 3. The van der Waals surface area contributed by atoms with Crippen LogP contribution in [-0.4, -0.2) is 42.2 Å². The number of anilines is 2. The molecule has 0 bridgehead atoms. The molecule has 0 spiro atoms. The van der Waals surface area contributed by atoms with Gasteiger partial charge in [0.2, 0.25) is 5.91 Å². The number of methoxy groups -OCH3 is 3. The molecule has 0 heterocycles. The highest BCUT2D eigenvalue weighted by Gasteiger charge is 2.29. The fraction of sp³-hybridized carbons (Fsp3) is 0.174. The average Bonchev–Trinajstić information content (AvgIpc) is 2.83. The van der Waals surface area contributed by atoms with E-state index in [0.29, 0.717) is 22.9 Å². The van der Waals surface area contributed by atoms with Crippen molar-refractivity contribution in [2.75, 3.05) is 37.5 Å². The molecule has 0 atom stereocenters. The number of nitrogens with one attached hydrogen (secondary N) is 1. The van der Waals surface area contributed by atoms with Crippen molar-refractivity contribution >= 4 is 27.3 Å². The molecule has 168 valence electrons. The normalized spacial score (nSPS) is 10.8. The molecule has 1 amide bonds. The van der Waals surface area contributed by atoms with Gasteiger partial charge in [-0.2, -0.15) is 0 Å². The number of hydrogen-bond acceptors (Lipinski definition) is 6. The van der Waals surface area contributed by atoms with Crippen molar-refractivity contribution in [3.8, 4) is 17.2 Å². The van der Waals surface area contributed by atoms with Crippen LogP contribution in [0.5, 0.6) is 17.2 Å². The average molecular weight is 457 g/mol. The third kappa shape index (κ3) is 5.12. The number of carbonyl (C=O) groups is 1. The Labute approximate surface area is 187 Å². The zero-order valence-electron chi connectivity index (χ0n) is 17.9. The van der Waals surface area contributed by atoms with Gasteiger partial charge in [-0.05, 0) is 60.7 Å². The van der Waals surface area contributed by atoms with Gasteiger partial charge in [-0.15, -0.1) is 0 Å². The number of para-hydroxylation sites is 2. The minimum atomic E-state index is -4.09. The molecule has 0 aliphatic carbocycles. The second kappa shape index (κ2) is 10.1. The summed E-state index contributed by atoms with van der Waals surface area (Å²) in [5.41, 5.74) is 0.758. The monoisotopic (exact) mass is 456 g/mol. The maximum absolute atomic E-state index is 13.5. The number of ether oxygens (including phenoxy) is 3. The first-order valence-corrected chi connectivity index (χ1v) is 11.1. The van der Waals surface area contributed by atoms with E-state index in [1.165, 1.54) is 26.4 Å². The van der Waals surface area contributed by atoms with Crippen LogP contribution in [0.1, 0.15) is 0 Å². The summed E-state index contributed by atoms with van der Waals surface area (Å²) >= 11 is 0. The van der Waals surface area contributed by atoms with Crippen molar-refractivity contribution in [1.29, 1.82) is 0 Å². The molecule has 0 saturated carbocycles. The Morgan fingerprint density at radius 2 is 1.38 bits per heavy atom. The van der Waals surface area contributed by atoms with Gasteiger partial charge in [0.15, 0.2) is 0 Å². The zero-order valence-corrected chi connectivity index (χ0v) is 18.8. The fourth-order valence-electron chi connectivity index (χ4n) is 3.02. The van der Waals surface area contributed by atoms with Gasteiger partial charge in [0.1, 0.15) is 23.8 Å². The van der Waals surface area contributed by atoms with E-state index in [1.54, 1.807) is 67.8 Å². The molecule has 0 saturated heterocycles. The molecule has 0 fully saturated rings. The van der Waals surface area contributed by atoms with Crippen molar-refractivity contribution in [3.63, 3.8) is 0 Å². The first-order valence-electron chi connectivity index (χ1n) is 9.62. The van der Waals surface area contributed by atoms with Gasteiger partial charge in [-0.25, -0.2) is 8.42 Å². The minimum Gasteiger partial charge on any atom is -0.497 e. The van der Waals surface area contributed by atoms with Gasteiger partial charge >= 0.3 is 0 Å². The van der Waals surface area contributed by atoms with Crippen LogP contribution in [-0.2, 0) is 14.8 Å². The highest BCUT2D eigenvalue weighted by molar-refractivity contribution is 7.92. The molecule has 3 aromatic rings. The lowest BCUT2D eigenvalue weighted by molar-refractivity contribution is -0.114. The Bertz CT molecular complexity index is 1160. The summed E-state index contributed by atoms with van der Waals surface area (Å²) in [4.78, 5) is 12.8. The van der Waals surface area contributed by atoms with E-state index in [1.807, 2.05) is 0 Å². The van der Waals surface area contributed by atoms with Crippen LogP contribution in [0.4, 0.5) is 11.4 Å². The Morgan fingerprint density at radius 3 is 1.94 bits per heavy atom. The van der Waals surface area contributed by atoms with Gasteiger partial charge in [-0.1, -0.05) is 12.1 Å². The third-order valence-electron chi connectivity index (χ3n) is 4.66. The summed E-state index contributed by atoms with van der Waals surface area (Å²) in [6.45, 7) is -0.458. The quantitative estimate of drug-likeness (QED) is 0.529. The highest BCUT2D eigenvalue weighted by Crippen LogP contribution is 2.32. The summed E-state index contributed by atoms with van der Waals surface area (Å²) in [5, 5.41) is 2.71. The first kappa shape index (κ1) is 23.0. The van der Waals surface area contributed by atoms with Gasteiger partial charge in [-0.3, -0.25) is 9.10 Å². The molecule has 8 nitrogen and oxygen atoms in total. The number of nitrogens with zero attached hydrogens (tertiary/aromatic N) is 1. The topological polar surface area (TPSA) is 94.2 Å². The summed E-state index contributed by atoms with van der Waals surface area (Å²) in [6.07, 6.45) is 0. The van der Waals surface area contributed by atoms with Crippen molar-refractivity contribution in [3.05, 3.63) is 72.8 Å². The van der Waals surface area contributed by atoms with Crippen LogP contribution < -0.4 is 23.8 Å². The molecule has 3 rings (SSSR count). The van der Waals surface area contributed by atoms with Gasteiger partial charge in [0.05, 0.1) is 31.9 Å². The number of rotatable bonds is 9. The van der Waals surface area contributed by atoms with Crippen molar-refractivity contribution < 1.29 is 27.4 Å². The highest BCUT2D eigenvalue weighted by atomic mass is 32.2. The van der Waals surface area contributed by atoms with Crippen molar-refractivity contribution in [1.82, 2.24) is 0 Å². The van der Waals surface area contributed by atoms with E-state index in [4.69, 9.17) is 14.2 Å². The second-order valence-electron chi connectivity index (χ2n) is 6.64. The van der Waals surface area contributed by atoms with E-state index < -0.39 is 22.5 Å². The Morgan fingerprint density at radius 1 is 0.812 bits per heavy atom. The van der Waals surface area contributed by atoms with Crippen LogP contribution in [0.3, 0.4) is 0 Å². The van der Waals surface area contributed by atoms with E-state index in [-0.39, 0.29) is 10.6 Å². The summed E-state index contributed by atoms with van der Waals surface area (Å²) in [6, 6.07) is 19.3. The zero-order chi connectivity index (χ0) is 23.1. The van der Waals surface area contributed by atoms with E-state index in [0.717, 1.165) is 4.31 Å². The van der Waals surface area contributed by atoms with Gasteiger partial charge in [0, 0.05) is 5.69 Å². The molecule has 9 heteroatoms. The molecule has 0 unspecified atom stereocenters. The predicted octanol–water partition coefficient (Wildman–Crippen LogP) is 3.55. The molecule has 3 aromatic carbocycles. The van der Waals surface area contributed by atoms with E-state index >= 15 is 0 Å². The standard InChI is InChI=1S/C23H24N2O6S/c1-29-18-10-8-17(9-11-18)24-23(26)16-25(21-6-4-5-7-22(21)31-3)32(27,28)20-14-12-19(30-2)13-15-20/h4-15H,16H2,1-3H3,(H,24,26). The van der Waals surface area contributed by atoms with Crippen molar-refractivity contribution in [2.45, 2.75) is 4.90 Å². The molecule has 1 N–H and O–H groups in total. The summed E-state index contributed by atoms with van der Waals surface area (Å²) < 4.78 is 43.6. The Balaban J connectivity index is 1.95. The van der Waals surface area contributed by atoms with E-state index in [9.17, 15) is 13.2 Å². The number of sulfonamides is 1.